The maximum absolute atomic E-state index is 8.67. The molecular weight excluding hydrogens is 170 g/mol. The molecular formula is C13H11N. The summed E-state index contributed by atoms with van der Waals surface area (Å²) in [6.07, 6.45) is 0.497. The van der Waals surface area contributed by atoms with Crippen LogP contribution in [0.3, 0.4) is 0 Å². The number of benzene rings is 2. The van der Waals surface area contributed by atoms with Crippen LogP contribution in [0.25, 0.3) is 10.8 Å². The smallest absolute Gasteiger partial charge is 0.0669 e. The highest BCUT2D eigenvalue weighted by atomic mass is 14.2. The lowest BCUT2D eigenvalue weighted by Gasteiger charge is -2.05. The van der Waals surface area contributed by atoms with E-state index in [9.17, 15) is 0 Å². The van der Waals surface area contributed by atoms with E-state index in [1.807, 2.05) is 18.2 Å². The monoisotopic (exact) mass is 181 g/mol. The fourth-order valence-corrected chi connectivity index (χ4v) is 1.75. The van der Waals surface area contributed by atoms with Crippen LogP contribution in [-0.4, -0.2) is 0 Å². The van der Waals surface area contributed by atoms with Crippen molar-refractivity contribution in [1.29, 1.82) is 5.26 Å². The zero-order valence-corrected chi connectivity index (χ0v) is 8.12. The number of fused-ring (bicyclic) bond motifs is 1. The van der Waals surface area contributed by atoms with E-state index in [2.05, 4.69) is 31.2 Å². The maximum Gasteiger partial charge on any atom is 0.0669 e. The van der Waals surface area contributed by atoms with Gasteiger partial charge in [0.2, 0.25) is 0 Å². The molecule has 2 rings (SSSR count). The van der Waals surface area contributed by atoms with Gasteiger partial charge in [-0.1, -0.05) is 36.4 Å². The number of hydrogen-bond acceptors (Lipinski definition) is 1. The second-order valence-electron chi connectivity index (χ2n) is 3.41. The van der Waals surface area contributed by atoms with Gasteiger partial charge in [-0.25, -0.2) is 0 Å². The Morgan fingerprint density at radius 1 is 1.14 bits per heavy atom. The normalized spacial score (nSPS) is 10.0. The van der Waals surface area contributed by atoms with Crippen LogP contribution in [0, 0.1) is 18.3 Å². The minimum absolute atomic E-state index is 0.497. The first-order valence-corrected chi connectivity index (χ1v) is 4.67. The van der Waals surface area contributed by atoms with Gasteiger partial charge in [-0.05, 0) is 28.8 Å². The fraction of sp³-hybridized carbons (Fsp3) is 0.154. The fourth-order valence-electron chi connectivity index (χ4n) is 1.75. The SMILES string of the molecule is Cc1c(CC#N)ccc2ccccc12. The maximum atomic E-state index is 8.67. The molecule has 0 spiro atoms. The minimum Gasteiger partial charge on any atom is -0.198 e. The van der Waals surface area contributed by atoms with E-state index >= 15 is 0 Å². The molecule has 0 saturated carbocycles. The molecule has 0 N–H and O–H groups in total. The van der Waals surface area contributed by atoms with Crippen LogP contribution in [0.4, 0.5) is 0 Å². The lowest BCUT2D eigenvalue weighted by molar-refractivity contribution is 1.23. The molecule has 2 aromatic carbocycles. The van der Waals surface area contributed by atoms with Gasteiger partial charge in [0, 0.05) is 0 Å². The van der Waals surface area contributed by atoms with Crippen molar-refractivity contribution >= 4 is 10.8 Å². The van der Waals surface area contributed by atoms with E-state index in [-0.39, 0.29) is 0 Å². The van der Waals surface area contributed by atoms with Gasteiger partial charge in [0.15, 0.2) is 0 Å². The van der Waals surface area contributed by atoms with Crippen LogP contribution >= 0.6 is 0 Å². The van der Waals surface area contributed by atoms with E-state index in [1.165, 1.54) is 16.3 Å². The first kappa shape index (κ1) is 8.77. The largest absolute Gasteiger partial charge is 0.198 e. The summed E-state index contributed by atoms with van der Waals surface area (Å²) in [7, 11) is 0. The molecule has 0 amide bonds. The Kier molecular flexibility index (Phi) is 2.20. The molecule has 0 fully saturated rings. The summed E-state index contributed by atoms with van der Waals surface area (Å²) in [4.78, 5) is 0. The first-order valence-electron chi connectivity index (χ1n) is 4.67. The molecule has 1 nitrogen and oxygen atoms in total. The summed E-state index contributed by atoms with van der Waals surface area (Å²) in [6.45, 7) is 2.08. The van der Waals surface area contributed by atoms with Crippen molar-refractivity contribution in [2.45, 2.75) is 13.3 Å². The third-order valence-corrected chi connectivity index (χ3v) is 2.58. The second-order valence-corrected chi connectivity index (χ2v) is 3.41. The molecule has 0 aliphatic heterocycles. The van der Waals surface area contributed by atoms with Gasteiger partial charge in [-0.3, -0.25) is 0 Å². The van der Waals surface area contributed by atoms with Crippen molar-refractivity contribution in [2.24, 2.45) is 0 Å². The molecule has 68 valence electrons. The second kappa shape index (κ2) is 3.51. The standard InChI is InChI=1S/C13H11N/c1-10-11(8-9-14)6-7-12-4-2-3-5-13(10)12/h2-7H,8H2,1H3. The molecule has 14 heavy (non-hydrogen) atoms. The molecule has 2 aromatic rings. The highest BCUT2D eigenvalue weighted by molar-refractivity contribution is 5.86. The zero-order chi connectivity index (χ0) is 9.97. The van der Waals surface area contributed by atoms with E-state index in [0.29, 0.717) is 6.42 Å². The molecule has 0 bridgehead atoms. The predicted molar refractivity (Wildman–Crippen MR) is 58.0 cm³/mol. The molecule has 0 aromatic heterocycles. The van der Waals surface area contributed by atoms with Gasteiger partial charge >= 0.3 is 0 Å². The summed E-state index contributed by atoms with van der Waals surface area (Å²) in [6, 6.07) is 14.6. The molecule has 0 unspecified atom stereocenters. The first-order chi connectivity index (χ1) is 6.83. The molecule has 1 heteroatoms. The average molecular weight is 181 g/mol. The van der Waals surface area contributed by atoms with Crippen molar-refractivity contribution in [3.05, 3.63) is 47.5 Å². The molecule has 0 aliphatic rings. The van der Waals surface area contributed by atoms with Crippen molar-refractivity contribution in [3.63, 3.8) is 0 Å². The number of nitrogens with zero attached hydrogens (tertiary/aromatic N) is 1. The molecule has 0 aliphatic carbocycles. The van der Waals surface area contributed by atoms with Gasteiger partial charge in [-0.15, -0.1) is 0 Å². The van der Waals surface area contributed by atoms with Crippen molar-refractivity contribution < 1.29 is 0 Å². The van der Waals surface area contributed by atoms with Gasteiger partial charge in [0.05, 0.1) is 12.5 Å². The number of hydrogen-bond donors (Lipinski definition) is 0. The number of aryl methyl sites for hydroxylation is 1. The molecule has 0 atom stereocenters. The Bertz CT molecular complexity index is 506. The van der Waals surface area contributed by atoms with Crippen LogP contribution in [0.2, 0.25) is 0 Å². The molecule has 0 saturated heterocycles. The minimum atomic E-state index is 0.497. The van der Waals surface area contributed by atoms with Crippen LogP contribution in [0.15, 0.2) is 36.4 Å². The summed E-state index contributed by atoms with van der Waals surface area (Å²) >= 11 is 0. The van der Waals surface area contributed by atoms with Crippen LogP contribution < -0.4 is 0 Å². The van der Waals surface area contributed by atoms with Crippen LogP contribution in [0.5, 0.6) is 0 Å². The van der Waals surface area contributed by atoms with E-state index in [4.69, 9.17) is 5.26 Å². The third kappa shape index (κ3) is 1.36. The van der Waals surface area contributed by atoms with Crippen LogP contribution in [0.1, 0.15) is 11.1 Å². The zero-order valence-electron chi connectivity index (χ0n) is 8.12. The highest BCUT2D eigenvalue weighted by Gasteiger charge is 2.01. The Morgan fingerprint density at radius 2 is 1.93 bits per heavy atom. The van der Waals surface area contributed by atoms with Gasteiger partial charge in [-0.2, -0.15) is 5.26 Å². The summed E-state index contributed by atoms with van der Waals surface area (Å²) in [5.41, 5.74) is 2.36. The lowest BCUT2D eigenvalue weighted by atomic mass is 9.99. The summed E-state index contributed by atoms with van der Waals surface area (Å²) in [5, 5.41) is 11.2. The Hall–Kier alpha value is -1.81. The Labute approximate surface area is 83.6 Å². The van der Waals surface area contributed by atoms with Gasteiger partial charge in [0.25, 0.3) is 0 Å². The Balaban J connectivity index is 2.70. The van der Waals surface area contributed by atoms with E-state index in [0.717, 1.165) is 5.56 Å². The number of nitriles is 1. The highest BCUT2D eigenvalue weighted by Crippen LogP contribution is 2.21. The van der Waals surface area contributed by atoms with E-state index in [1.54, 1.807) is 0 Å². The third-order valence-electron chi connectivity index (χ3n) is 2.58. The summed E-state index contributed by atoms with van der Waals surface area (Å²) in [5.74, 6) is 0. The lowest BCUT2D eigenvalue weighted by Crippen LogP contribution is -1.88. The molecule has 0 heterocycles. The summed E-state index contributed by atoms with van der Waals surface area (Å²) < 4.78 is 0. The van der Waals surface area contributed by atoms with Crippen molar-refractivity contribution in [2.75, 3.05) is 0 Å². The van der Waals surface area contributed by atoms with Crippen molar-refractivity contribution in [3.8, 4) is 6.07 Å². The van der Waals surface area contributed by atoms with E-state index < -0.39 is 0 Å². The quantitative estimate of drug-likeness (QED) is 0.662. The average Bonchev–Trinajstić information content (AvgIpc) is 2.23. The predicted octanol–water partition coefficient (Wildman–Crippen LogP) is 3.21. The Morgan fingerprint density at radius 3 is 2.71 bits per heavy atom. The van der Waals surface area contributed by atoms with Crippen molar-refractivity contribution in [1.82, 2.24) is 0 Å². The van der Waals surface area contributed by atoms with Crippen LogP contribution in [-0.2, 0) is 6.42 Å². The topological polar surface area (TPSA) is 23.8 Å². The van der Waals surface area contributed by atoms with Gasteiger partial charge < -0.3 is 0 Å². The number of rotatable bonds is 1. The van der Waals surface area contributed by atoms with Gasteiger partial charge in [0.1, 0.15) is 0 Å². The molecule has 0 radical (unpaired) electrons.